The van der Waals surface area contributed by atoms with Crippen LogP contribution in [0.25, 0.3) is 11.2 Å². The zero-order chi connectivity index (χ0) is 12.7. The highest BCUT2D eigenvalue weighted by molar-refractivity contribution is 7.71. The maximum atomic E-state index is 5.39. The number of aryl methyl sites for hydroxylation is 4. The number of hydrogen-bond acceptors (Lipinski definition) is 3. The topological polar surface area (TPSA) is 38.5 Å². The second-order valence-corrected chi connectivity index (χ2v) is 5.54. The van der Waals surface area contributed by atoms with Crippen LogP contribution < -0.4 is 0 Å². The van der Waals surface area contributed by atoms with Crippen molar-refractivity contribution >= 4 is 34.7 Å². The van der Waals surface area contributed by atoms with E-state index in [1.165, 1.54) is 5.56 Å². The van der Waals surface area contributed by atoms with Gasteiger partial charge < -0.3 is 9.55 Å². The van der Waals surface area contributed by atoms with Gasteiger partial charge in [-0.25, -0.2) is 0 Å². The molecule has 4 nitrogen and oxygen atoms in total. The molecule has 0 aliphatic rings. The number of hydrogen-bond donors (Lipinski definition) is 1. The van der Waals surface area contributed by atoms with E-state index in [4.69, 9.17) is 12.2 Å². The van der Waals surface area contributed by atoms with Gasteiger partial charge in [-0.05, 0) is 48.0 Å². The van der Waals surface area contributed by atoms with Crippen LogP contribution in [0.2, 0.25) is 0 Å². The van der Waals surface area contributed by atoms with Gasteiger partial charge in [0, 0.05) is 13.6 Å². The molecule has 0 aromatic carbocycles. The number of thiophene rings is 1. The number of H-pyrrole nitrogens is 1. The Morgan fingerprint density at radius 2 is 2.33 bits per heavy atom. The molecule has 0 saturated heterocycles. The van der Waals surface area contributed by atoms with E-state index in [-0.39, 0.29) is 0 Å². The van der Waals surface area contributed by atoms with Crippen LogP contribution in [0, 0.1) is 11.7 Å². The van der Waals surface area contributed by atoms with Crippen LogP contribution in [0.3, 0.4) is 0 Å². The molecule has 0 amide bonds. The molecule has 0 aliphatic heterocycles. The van der Waals surface area contributed by atoms with Gasteiger partial charge in [0.15, 0.2) is 10.4 Å². The van der Waals surface area contributed by atoms with Crippen molar-refractivity contribution < 1.29 is 0 Å². The highest BCUT2D eigenvalue weighted by Gasteiger charge is 2.12. The number of nitrogens with one attached hydrogen (secondary N) is 1. The van der Waals surface area contributed by atoms with Gasteiger partial charge in [-0.1, -0.05) is 0 Å². The monoisotopic (exact) mass is 278 g/mol. The number of aromatic nitrogens is 4. The summed E-state index contributed by atoms with van der Waals surface area (Å²) < 4.78 is 4.80. The molecule has 3 aromatic rings. The Bertz CT molecular complexity index is 730. The molecule has 0 saturated carbocycles. The number of rotatable bonds is 3. The van der Waals surface area contributed by atoms with Crippen molar-refractivity contribution in [2.45, 2.75) is 19.9 Å². The zero-order valence-electron chi connectivity index (χ0n) is 10.3. The molecule has 0 spiro atoms. The van der Waals surface area contributed by atoms with Crippen molar-refractivity contribution in [1.82, 2.24) is 19.3 Å². The molecule has 0 unspecified atom stereocenters. The molecule has 1 N–H and O–H groups in total. The van der Waals surface area contributed by atoms with Crippen LogP contribution in [0.1, 0.15) is 11.3 Å². The first-order chi connectivity index (χ1) is 8.66. The quantitative estimate of drug-likeness (QED) is 0.748. The van der Waals surface area contributed by atoms with Crippen LogP contribution in [0.5, 0.6) is 0 Å². The van der Waals surface area contributed by atoms with E-state index in [2.05, 4.69) is 31.5 Å². The van der Waals surface area contributed by atoms with E-state index >= 15 is 0 Å². The molecule has 6 heteroatoms. The molecule has 0 atom stereocenters. The predicted octanol–water partition coefficient (Wildman–Crippen LogP) is 3.05. The second-order valence-electron chi connectivity index (χ2n) is 4.37. The third-order valence-electron chi connectivity index (χ3n) is 3.13. The highest BCUT2D eigenvalue weighted by atomic mass is 32.1. The zero-order valence-corrected chi connectivity index (χ0v) is 11.9. The fourth-order valence-electron chi connectivity index (χ4n) is 2.26. The van der Waals surface area contributed by atoms with Gasteiger partial charge >= 0.3 is 0 Å². The smallest absolute Gasteiger partial charge is 0.179 e. The Labute approximate surface area is 114 Å². The minimum Gasteiger partial charge on any atom is -0.328 e. The standard InChI is InChI=1S/C12H14N4S2/c1-8-10-11(15(2)14-8)16(12(17)13-10)5-3-9-4-6-18-7-9/h4,6-7H,3,5H2,1-2H3,(H,13,17). The fraction of sp³-hybridized carbons (Fsp3) is 0.333. The molecule has 3 aromatic heterocycles. The van der Waals surface area contributed by atoms with Crippen molar-refractivity contribution in [3.8, 4) is 0 Å². The van der Waals surface area contributed by atoms with E-state index in [0.29, 0.717) is 0 Å². The molecule has 18 heavy (non-hydrogen) atoms. The first-order valence-corrected chi connectivity index (χ1v) is 7.15. The molecular weight excluding hydrogens is 264 g/mol. The first kappa shape index (κ1) is 11.7. The van der Waals surface area contributed by atoms with E-state index in [1.54, 1.807) is 11.3 Å². The fourth-order valence-corrected chi connectivity index (χ4v) is 3.24. The number of imidazole rings is 1. The Kier molecular flexibility index (Phi) is 2.83. The number of nitrogens with zero attached hydrogens (tertiary/aromatic N) is 3. The second kappa shape index (κ2) is 4.37. The Hall–Kier alpha value is -1.40. The van der Waals surface area contributed by atoms with Gasteiger partial charge in [0.25, 0.3) is 0 Å². The number of aromatic amines is 1. The molecule has 0 fully saturated rings. The SMILES string of the molecule is Cc1nn(C)c2c1[nH]c(=S)n2CCc1ccsc1. The maximum absolute atomic E-state index is 5.39. The summed E-state index contributed by atoms with van der Waals surface area (Å²) >= 11 is 7.12. The summed E-state index contributed by atoms with van der Waals surface area (Å²) in [7, 11) is 1.96. The van der Waals surface area contributed by atoms with Crippen molar-refractivity contribution in [3.63, 3.8) is 0 Å². The first-order valence-electron chi connectivity index (χ1n) is 5.80. The summed E-state index contributed by atoms with van der Waals surface area (Å²) in [4.78, 5) is 3.24. The molecule has 3 heterocycles. The lowest BCUT2D eigenvalue weighted by Crippen LogP contribution is -2.05. The van der Waals surface area contributed by atoms with Crippen molar-refractivity contribution in [1.29, 1.82) is 0 Å². The lowest BCUT2D eigenvalue weighted by atomic mass is 10.2. The average molecular weight is 278 g/mol. The van der Waals surface area contributed by atoms with Crippen LogP contribution in [0.4, 0.5) is 0 Å². The molecule has 3 rings (SSSR count). The van der Waals surface area contributed by atoms with Crippen LogP contribution in [-0.2, 0) is 20.0 Å². The minimum absolute atomic E-state index is 0.774. The summed E-state index contributed by atoms with van der Waals surface area (Å²) in [6.45, 7) is 2.88. The van der Waals surface area contributed by atoms with Gasteiger partial charge in [-0.3, -0.25) is 4.68 Å². The summed E-state index contributed by atoms with van der Waals surface area (Å²) in [6.07, 6.45) is 0.995. The summed E-state index contributed by atoms with van der Waals surface area (Å²) in [5.41, 5.74) is 4.48. The normalized spacial score (nSPS) is 11.4. The van der Waals surface area contributed by atoms with Gasteiger partial charge in [0.05, 0.1) is 5.69 Å². The number of fused-ring (bicyclic) bond motifs is 1. The van der Waals surface area contributed by atoms with E-state index in [1.807, 2.05) is 18.7 Å². The molecule has 0 aliphatic carbocycles. The Morgan fingerprint density at radius 3 is 3.06 bits per heavy atom. The summed E-state index contributed by atoms with van der Waals surface area (Å²) in [5, 5.41) is 8.71. The largest absolute Gasteiger partial charge is 0.328 e. The van der Waals surface area contributed by atoms with Crippen molar-refractivity contribution in [3.05, 3.63) is 32.9 Å². The Balaban J connectivity index is 2.00. The minimum atomic E-state index is 0.774. The lowest BCUT2D eigenvalue weighted by Gasteiger charge is -2.03. The third-order valence-corrected chi connectivity index (χ3v) is 4.18. The molecular formula is C12H14N4S2. The predicted molar refractivity (Wildman–Crippen MR) is 76.6 cm³/mol. The van der Waals surface area contributed by atoms with Crippen molar-refractivity contribution in [2.24, 2.45) is 7.05 Å². The van der Waals surface area contributed by atoms with Crippen LogP contribution in [0.15, 0.2) is 16.8 Å². The summed E-state index contributed by atoms with van der Waals surface area (Å²) in [5.74, 6) is 0. The van der Waals surface area contributed by atoms with Crippen LogP contribution in [-0.4, -0.2) is 19.3 Å². The van der Waals surface area contributed by atoms with Gasteiger partial charge in [0.2, 0.25) is 0 Å². The van der Waals surface area contributed by atoms with E-state index < -0.39 is 0 Å². The Morgan fingerprint density at radius 1 is 1.50 bits per heavy atom. The highest BCUT2D eigenvalue weighted by Crippen LogP contribution is 2.18. The summed E-state index contributed by atoms with van der Waals surface area (Å²) in [6, 6.07) is 2.16. The molecule has 94 valence electrons. The average Bonchev–Trinajstić information content (AvgIpc) is 2.98. The van der Waals surface area contributed by atoms with Gasteiger partial charge in [-0.2, -0.15) is 16.4 Å². The van der Waals surface area contributed by atoms with Crippen molar-refractivity contribution in [2.75, 3.05) is 0 Å². The van der Waals surface area contributed by atoms with Gasteiger partial charge in [0.1, 0.15) is 5.52 Å². The molecule has 0 radical (unpaired) electrons. The maximum Gasteiger partial charge on any atom is 0.179 e. The van der Waals surface area contributed by atoms with E-state index in [9.17, 15) is 0 Å². The van der Waals surface area contributed by atoms with E-state index in [0.717, 1.165) is 34.6 Å². The lowest BCUT2D eigenvalue weighted by molar-refractivity contribution is 0.665. The van der Waals surface area contributed by atoms with Crippen LogP contribution >= 0.6 is 23.6 Å². The van der Waals surface area contributed by atoms with Gasteiger partial charge in [-0.15, -0.1) is 0 Å². The molecule has 0 bridgehead atoms. The third kappa shape index (κ3) is 1.81.